The molecular formula is C6H9NaO2Si. The van der Waals surface area contributed by atoms with Crippen LogP contribution >= 0.6 is 0 Å². The fourth-order valence-corrected chi connectivity index (χ4v) is 0.716. The van der Waals surface area contributed by atoms with E-state index >= 15 is 0 Å². The number of rotatable bonds is 0. The molecule has 4 heteroatoms. The van der Waals surface area contributed by atoms with Crippen molar-refractivity contribution in [1.29, 1.82) is 0 Å². The first-order chi connectivity index (χ1) is 3.92. The van der Waals surface area contributed by atoms with Gasteiger partial charge in [0.15, 0.2) is 0 Å². The molecule has 50 valence electrons. The smallest absolute Gasteiger partial charge is 0.537 e. The van der Waals surface area contributed by atoms with E-state index in [4.69, 9.17) is 0 Å². The van der Waals surface area contributed by atoms with Gasteiger partial charge in [0.25, 0.3) is 0 Å². The predicted octanol–water partition coefficient (Wildman–Crippen LogP) is -3.38. The molecule has 0 fully saturated rings. The Labute approximate surface area is 84.3 Å². The van der Waals surface area contributed by atoms with Crippen LogP contribution in [0.1, 0.15) is 0 Å². The van der Waals surface area contributed by atoms with Gasteiger partial charge in [0.1, 0.15) is 14.0 Å². The second-order valence-corrected chi connectivity index (χ2v) is 7.54. The van der Waals surface area contributed by atoms with E-state index in [0.29, 0.717) is 0 Å². The summed E-state index contributed by atoms with van der Waals surface area (Å²) in [4.78, 5) is 9.78. The summed E-state index contributed by atoms with van der Waals surface area (Å²) in [5.74, 6) is 0.723. The van der Waals surface area contributed by atoms with E-state index < -0.39 is 14.0 Å². The minimum atomic E-state index is -1.50. The molecule has 0 bridgehead atoms. The van der Waals surface area contributed by atoms with Crippen molar-refractivity contribution in [3.63, 3.8) is 0 Å². The Kier molecular flexibility index (Phi) is 6.40. The third-order valence-electron chi connectivity index (χ3n) is 0.540. The number of hydrogen-bond acceptors (Lipinski definition) is 2. The molecule has 0 rings (SSSR count). The molecule has 0 radical (unpaired) electrons. The van der Waals surface area contributed by atoms with E-state index in [0.717, 1.165) is 0 Å². The number of carbonyl (C=O) groups is 1. The van der Waals surface area contributed by atoms with Gasteiger partial charge in [-0.15, -0.1) is 5.54 Å². The van der Waals surface area contributed by atoms with Crippen molar-refractivity contribution in [3.8, 4) is 11.5 Å². The first kappa shape index (κ1) is 12.9. The molecule has 0 saturated heterocycles. The molecule has 0 aliphatic carbocycles. The van der Waals surface area contributed by atoms with Gasteiger partial charge in [-0.3, -0.25) is 0 Å². The van der Waals surface area contributed by atoms with Crippen molar-refractivity contribution in [3.05, 3.63) is 0 Å². The molecule has 2 nitrogen and oxygen atoms in total. The zero-order chi connectivity index (χ0) is 7.49. The standard InChI is InChI=1S/C6H10O2Si.Na/c1-9(2,3)5-4-6(7)8;/h1-3H3,(H,7,8);/q;+1/p-1. The van der Waals surface area contributed by atoms with Crippen LogP contribution in [0.15, 0.2) is 0 Å². The summed E-state index contributed by atoms with van der Waals surface area (Å²) in [6, 6.07) is 0. The van der Waals surface area contributed by atoms with Crippen molar-refractivity contribution in [2.24, 2.45) is 0 Å². The average Bonchev–Trinajstić information content (AvgIpc) is 1.59. The summed E-state index contributed by atoms with van der Waals surface area (Å²) in [5.41, 5.74) is 2.65. The van der Waals surface area contributed by atoms with Crippen molar-refractivity contribution in [1.82, 2.24) is 0 Å². The third-order valence-corrected chi connectivity index (χ3v) is 1.41. The Morgan fingerprint density at radius 3 is 1.90 bits per heavy atom. The Hall–Kier alpha value is 0.247. The number of hydrogen-bond donors (Lipinski definition) is 0. The molecular weight excluding hydrogens is 155 g/mol. The third kappa shape index (κ3) is 11.1. The van der Waals surface area contributed by atoms with E-state index in [2.05, 4.69) is 5.54 Å². The quantitative estimate of drug-likeness (QED) is 0.277. The summed E-state index contributed by atoms with van der Waals surface area (Å²) in [7, 11) is -1.50. The first-order valence-electron chi connectivity index (χ1n) is 2.66. The monoisotopic (exact) mass is 164 g/mol. The molecule has 0 heterocycles. The van der Waals surface area contributed by atoms with Gasteiger partial charge in [0.2, 0.25) is 0 Å². The average molecular weight is 164 g/mol. The molecule has 10 heavy (non-hydrogen) atoms. The van der Waals surface area contributed by atoms with Crippen LogP contribution in [0.4, 0.5) is 0 Å². The van der Waals surface area contributed by atoms with Crippen molar-refractivity contribution < 1.29 is 39.5 Å². The molecule has 0 aliphatic rings. The van der Waals surface area contributed by atoms with Gasteiger partial charge in [-0.1, -0.05) is 25.6 Å². The van der Waals surface area contributed by atoms with Gasteiger partial charge in [0.05, 0.1) is 0 Å². The van der Waals surface area contributed by atoms with Crippen molar-refractivity contribution >= 4 is 14.0 Å². The molecule has 0 aliphatic heterocycles. The molecule has 0 amide bonds. The minimum absolute atomic E-state index is 0. The molecule has 0 aromatic carbocycles. The zero-order valence-electron chi connectivity index (χ0n) is 6.82. The molecule has 0 saturated carbocycles. The number of carbonyl (C=O) groups excluding carboxylic acids is 1. The van der Waals surface area contributed by atoms with Crippen LogP contribution in [-0.2, 0) is 4.79 Å². The topological polar surface area (TPSA) is 40.1 Å². The Morgan fingerprint density at radius 2 is 1.80 bits per heavy atom. The normalized spacial score (nSPS) is 8.70. The largest absolute Gasteiger partial charge is 1.00 e. The van der Waals surface area contributed by atoms with Gasteiger partial charge in [-0.25, -0.2) is 0 Å². The summed E-state index contributed by atoms with van der Waals surface area (Å²) in [6.07, 6.45) is 0. The Bertz CT molecular complexity index is 172. The number of aliphatic carboxylic acids is 1. The molecule has 0 spiro atoms. The van der Waals surface area contributed by atoms with Crippen LogP contribution in [0.25, 0.3) is 0 Å². The van der Waals surface area contributed by atoms with Crippen LogP contribution in [-0.4, -0.2) is 14.0 Å². The van der Waals surface area contributed by atoms with Crippen LogP contribution in [0.2, 0.25) is 19.6 Å². The fraction of sp³-hybridized carbons (Fsp3) is 0.500. The number of carboxylic acids is 1. The maximum absolute atomic E-state index is 9.78. The van der Waals surface area contributed by atoms with Gasteiger partial charge in [-0.05, 0) is 0 Å². The fourth-order valence-electron chi connectivity index (χ4n) is 0.239. The van der Waals surface area contributed by atoms with Gasteiger partial charge in [0, 0.05) is 0 Å². The van der Waals surface area contributed by atoms with Gasteiger partial charge in [-0.2, -0.15) is 0 Å². The molecule has 0 N–H and O–H groups in total. The van der Waals surface area contributed by atoms with Crippen LogP contribution in [0, 0.1) is 11.5 Å². The van der Waals surface area contributed by atoms with Crippen LogP contribution in [0.5, 0.6) is 0 Å². The van der Waals surface area contributed by atoms with Crippen LogP contribution in [0.3, 0.4) is 0 Å². The molecule has 0 aromatic rings. The minimum Gasteiger partial charge on any atom is -0.537 e. The maximum Gasteiger partial charge on any atom is 1.00 e. The Morgan fingerprint density at radius 1 is 1.40 bits per heavy atom. The maximum atomic E-state index is 9.78. The first-order valence-corrected chi connectivity index (χ1v) is 6.16. The van der Waals surface area contributed by atoms with E-state index in [1.807, 2.05) is 25.6 Å². The number of carboxylic acid groups (broad SMARTS) is 1. The van der Waals surface area contributed by atoms with E-state index in [1.165, 1.54) is 0 Å². The van der Waals surface area contributed by atoms with Gasteiger partial charge < -0.3 is 9.90 Å². The Balaban J connectivity index is 0. The zero-order valence-corrected chi connectivity index (χ0v) is 9.82. The predicted molar refractivity (Wildman–Crippen MR) is 36.1 cm³/mol. The van der Waals surface area contributed by atoms with Crippen molar-refractivity contribution in [2.45, 2.75) is 19.6 Å². The summed E-state index contributed by atoms with van der Waals surface area (Å²) in [6.45, 7) is 5.93. The SMILES string of the molecule is C[Si](C)(C)C#CC(=O)[O-].[Na+]. The van der Waals surface area contributed by atoms with Gasteiger partial charge >= 0.3 is 29.6 Å². The van der Waals surface area contributed by atoms with Crippen LogP contribution < -0.4 is 34.7 Å². The van der Waals surface area contributed by atoms with E-state index in [-0.39, 0.29) is 29.6 Å². The van der Waals surface area contributed by atoms with E-state index in [9.17, 15) is 9.90 Å². The molecule has 0 aromatic heterocycles. The molecule has 0 unspecified atom stereocenters. The second-order valence-electron chi connectivity index (χ2n) is 2.79. The van der Waals surface area contributed by atoms with Crippen molar-refractivity contribution in [2.75, 3.05) is 0 Å². The van der Waals surface area contributed by atoms with E-state index in [1.54, 1.807) is 0 Å². The summed E-state index contributed by atoms with van der Waals surface area (Å²) < 4.78 is 0. The summed E-state index contributed by atoms with van der Waals surface area (Å²) >= 11 is 0. The summed E-state index contributed by atoms with van der Waals surface area (Å²) in [5, 5.41) is 9.78. The second kappa shape index (κ2) is 4.97. The molecule has 0 atom stereocenters.